The number of nitrogens with zero attached hydrogens (tertiary/aromatic N) is 1. The molecular formula is C52H31NO3. The molecule has 0 saturated heterocycles. The van der Waals surface area contributed by atoms with Crippen LogP contribution in [0.2, 0.25) is 0 Å². The number of rotatable bonds is 5. The predicted molar refractivity (Wildman–Crippen MR) is 231 cm³/mol. The van der Waals surface area contributed by atoms with Gasteiger partial charge in [0.15, 0.2) is 11.2 Å². The largest absolute Gasteiger partial charge is 0.455 e. The van der Waals surface area contributed by atoms with Gasteiger partial charge in [-0.1, -0.05) is 140 Å². The molecule has 0 amide bonds. The molecule has 12 rings (SSSR count). The predicted octanol–water partition coefficient (Wildman–Crippen LogP) is 15.3. The smallest absolute Gasteiger partial charge is 0.160 e. The first-order valence-corrected chi connectivity index (χ1v) is 18.9. The van der Waals surface area contributed by atoms with Gasteiger partial charge in [0.25, 0.3) is 0 Å². The summed E-state index contributed by atoms with van der Waals surface area (Å²) in [5.74, 6) is 0. The minimum Gasteiger partial charge on any atom is -0.455 e. The Balaban J connectivity index is 1.17. The lowest BCUT2D eigenvalue weighted by Crippen LogP contribution is -2.12. The van der Waals surface area contributed by atoms with Crippen molar-refractivity contribution in [2.75, 3.05) is 4.90 Å². The van der Waals surface area contributed by atoms with Gasteiger partial charge in [0, 0.05) is 49.1 Å². The first kappa shape index (κ1) is 30.9. The number of hydrogen-bond donors (Lipinski definition) is 0. The van der Waals surface area contributed by atoms with E-state index in [9.17, 15) is 0 Å². The zero-order valence-electron chi connectivity index (χ0n) is 30.1. The monoisotopic (exact) mass is 717 g/mol. The average Bonchev–Trinajstić information content (AvgIpc) is 3.96. The zero-order chi connectivity index (χ0) is 36.7. The highest BCUT2D eigenvalue weighted by molar-refractivity contribution is 6.18. The van der Waals surface area contributed by atoms with Crippen molar-refractivity contribution in [2.45, 2.75) is 0 Å². The van der Waals surface area contributed by atoms with Crippen LogP contribution in [0.5, 0.6) is 0 Å². The van der Waals surface area contributed by atoms with E-state index >= 15 is 0 Å². The van der Waals surface area contributed by atoms with Crippen LogP contribution in [0.4, 0.5) is 17.1 Å². The first-order valence-electron chi connectivity index (χ1n) is 18.9. The molecule has 0 fully saturated rings. The number of fused-ring (bicyclic) bond motifs is 10. The average molecular weight is 718 g/mol. The van der Waals surface area contributed by atoms with Gasteiger partial charge in [-0.25, -0.2) is 0 Å². The lowest BCUT2D eigenvalue weighted by Gasteiger charge is -2.28. The number of furan rings is 3. The van der Waals surface area contributed by atoms with Gasteiger partial charge in [0.1, 0.15) is 22.3 Å². The second kappa shape index (κ2) is 12.0. The summed E-state index contributed by atoms with van der Waals surface area (Å²) in [6.07, 6.45) is 0. The first-order chi connectivity index (χ1) is 27.8. The van der Waals surface area contributed by atoms with Crippen molar-refractivity contribution in [3.05, 3.63) is 188 Å². The van der Waals surface area contributed by atoms with Crippen LogP contribution in [0.25, 0.3) is 98.8 Å². The molecule has 0 aliphatic carbocycles. The lowest BCUT2D eigenvalue weighted by molar-refractivity contribution is 0.666. The normalized spacial score (nSPS) is 11.9. The summed E-state index contributed by atoms with van der Waals surface area (Å²) in [5.41, 5.74) is 12.0. The van der Waals surface area contributed by atoms with Gasteiger partial charge in [0.2, 0.25) is 0 Å². The van der Waals surface area contributed by atoms with Crippen molar-refractivity contribution in [1.82, 2.24) is 0 Å². The molecule has 0 aliphatic rings. The van der Waals surface area contributed by atoms with Gasteiger partial charge in [-0.3, -0.25) is 0 Å². The molecule has 0 N–H and O–H groups in total. The van der Waals surface area contributed by atoms with E-state index in [-0.39, 0.29) is 0 Å². The van der Waals surface area contributed by atoms with Crippen molar-refractivity contribution in [3.8, 4) is 22.3 Å². The lowest BCUT2D eigenvalue weighted by atomic mass is 9.96. The van der Waals surface area contributed by atoms with E-state index in [0.717, 1.165) is 105 Å². The summed E-state index contributed by atoms with van der Waals surface area (Å²) in [6.45, 7) is 0. The van der Waals surface area contributed by atoms with Crippen LogP contribution in [0, 0.1) is 0 Å². The quantitative estimate of drug-likeness (QED) is 0.178. The summed E-state index contributed by atoms with van der Waals surface area (Å²) >= 11 is 0. The molecule has 3 aromatic heterocycles. The Hall–Kier alpha value is -7.56. The van der Waals surface area contributed by atoms with Crippen molar-refractivity contribution in [2.24, 2.45) is 0 Å². The fourth-order valence-corrected chi connectivity index (χ4v) is 8.64. The van der Waals surface area contributed by atoms with Crippen molar-refractivity contribution < 1.29 is 13.3 Å². The fraction of sp³-hybridized carbons (Fsp3) is 0. The topological polar surface area (TPSA) is 42.7 Å². The molecule has 0 aliphatic heterocycles. The molecule has 4 heteroatoms. The highest BCUT2D eigenvalue weighted by atomic mass is 16.3. The van der Waals surface area contributed by atoms with Crippen LogP contribution in [-0.2, 0) is 0 Å². The van der Waals surface area contributed by atoms with Crippen molar-refractivity contribution in [1.29, 1.82) is 0 Å². The van der Waals surface area contributed by atoms with Gasteiger partial charge in [-0.2, -0.15) is 0 Å². The maximum absolute atomic E-state index is 6.94. The Labute approximate surface area is 321 Å². The maximum Gasteiger partial charge on any atom is 0.160 e. The van der Waals surface area contributed by atoms with E-state index < -0.39 is 0 Å². The molecule has 3 heterocycles. The molecule has 0 radical (unpaired) electrons. The Morgan fingerprint density at radius 3 is 1.57 bits per heavy atom. The van der Waals surface area contributed by atoms with E-state index in [0.29, 0.717) is 0 Å². The van der Waals surface area contributed by atoms with Gasteiger partial charge < -0.3 is 18.2 Å². The molecule has 0 atom stereocenters. The fourth-order valence-electron chi connectivity index (χ4n) is 8.64. The molecule has 0 saturated carbocycles. The minimum atomic E-state index is 0.781. The van der Waals surface area contributed by atoms with Crippen LogP contribution in [0.15, 0.2) is 201 Å². The molecule has 0 unspecified atom stereocenters. The molecular weight excluding hydrogens is 687 g/mol. The van der Waals surface area contributed by atoms with Gasteiger partial charge in [-0.15, -0.1) is 0 Å². The van der Waals surface area contributed by atoms with Crippen LogP contribution in [0.1, 0.15) is 0 Å². The van der Waals surface area contributed by atoms with E-state index in [1.165, 1.54) is 10.8 Å². The second-order valence-corrected chi connectivity index (χ2v) is 14.4. The molecule has 0 bridgehead atoms. The summed E-state index contributed by atoms with van der Waals surface area (Å²) in [4.78, 5) is 2.32. The zero-order valence-corrected chi connectivity index (χ0v) is 30.1. The number of benzene rings is 9. The van der Waals surface area contributed by atoms with Crippen LogP contribution >= 0.6 is 0 Å². The highest BCUT2D eigenvalue weighted by Gasteiger charge is 2.28. The molecule has 4 nitrogen and oxygen atoms in total. The van der Waals surface area contributed by atoms with E-state index in [1.54, 1.807) is 0 Å². The van der Waals surface area contributed by atoms with E-state index in [4.69, 9.17) is 13.3 Å². The van der Waals surface area contributed by atoms with E-state index in [2.05, 4.69) is 157 Å². The molecule has 9 aromatic carbocycles. The minimum absolute atomic E-state index is 0.781. The molecule has 56 heavy (non-hydrogen) atoms. The van der Waals surface area contributed by atoms with Crippen LogP contribution in [-0.4, -0.2) is 0 Å². The molecule has 262 valence electrons. The number of hydrogen-bond acceptors (Lipinski definition) is 4. The maximum atomic E-state index is 6.94. The van der Waals surface area contributed by atoms with Crippen LogP contribution < -0.4 is 4.90 Å². The van der Waals surface area contributed by atoms with Crippen molar-refractivity contribution >= 4 is 93.7 Å². The Bertz CT molecular complexity index is 3490. The van der Waals surface area contributed by atoms with Crippen molar-refractivity contribution in [3.63, 3.8) is 0 Å². The third-order valence-electron chi connectivity index (χ3n) is 11.3. The Morgan fingerprint density at radius 2 is 0.857 bits per heavy atom. The SMILES string of the molecule is c1ccc2cc(-c3ccc(N(c4cccc5c4oc4ccccc45)c4c(-c5cccc6c5oc5ccccc56)ccc5c4oc4ccccc45)cc3)ccc2c1. The van der Waals surface area contributed by atoms with E-state index in [1.807, 2.05) is 36.4 Å². The molecule has 12 aromatic rings. The van der Waals surface area contributed by atoms with Gasteiger partial charge in [-0.05, 0) is 70.4 Å². The third kappa shape index (κ3) is 4.60. The standard InChI is InChI=1S/C52H31NO3/c1-2-12-34-31-35(24-23-32(34)11-1)33-25-27-36(28-26-33)53(45-19-10-18-42-38-14-4-7-21-47(38)55-51(42)45)49-40(29-30-44-39-15-5-8-22-48(39)56-52(44)49)43-17-9-16-41-37-13-3-6-20-46(37)54-50(41)43/h1-31H. The summed E-state index contributed by atoms with van der Waals surface area (Å²) in [6, 6.07) is 66.0. The summed E-state index contributed by atoms with van der Waals surface area (Å²) in [7, 11) is 0. The van der Waals surface area contributed by atoms with Gasteiger partial charge in [0.05, 0.1) is 11.4 Å². The molecule has 0 spiro atoms. The van der Waals surface area contributed by atoms with Crippen LogP contribution in [0.3, 0.4) is 0 Å². The number of anilines is 3. The Kier molecular flexibility index (Phi) is 6.60. The highest BCUT2D eigenvalue weighted by Crippen LogP contribution is 2.51. The van der Waals surface area contributed by atoms with Gasteiger partial charge >= 0.3 is 0 Å². The number of para-hydroxylation sites is 5. The Morgan fingerprint density at radius 1 is 0.321 bits per heavy atom. The summed E-state index contributed by atoms with van der Waals surface area (Å²) < 4.78 is 20.4. The second-order valence-electron chi connectivity index (χ2n) is 14.4. The summed E-state index contributed by atoms with van der Waals surface area (Å²) in [5, 5.41) is 8.82. The third-order valence-corrected chi connectivity index (χ3v) is 11.3.